The minimum Gasteiger partial charge on any atom is -0.397 e. The highest BCUT2D eigenvalue weighted by Crippen LogP contribution is 2.18. The van der Waals surface area contributed by atoms with E-state index in [1.807, 2.05) is 17.5 Å². The summed E-state index contributed by atoms with van der Waals surface area (Å²) in [6, 6.07) is 12.6. The maximum Gasteiger partial charge on any atom is 0.230 e. The molecule has 0 unspecified atom stereocenters. The summed E-state index contributed by atoms with van der Waals surface area (Å²) in [5.41, 5.74) is 6.73. The Morgan fingerprint density at radius 1 is 1.24 bits per heavy atom. The van der Waals surface area contributed by atoms with Crippen molar-refractivity contribution < 1.29 is 9.18 Å². The Balaban J connectivity index is 1.80. The molecular formula is C18H15FN4OS. The number of anilines is 2. The van der Waals surface area contributed by atoms with Crippen molar-refractivity contribution >= 4 is 34.5 Å². The molecule has 1 aromatic carbocycles. The third kappa shape index (κ3) is 4.07. The average Bonchev–Trinajstić information content (AvgIpc) is 3.09. The van der Waals surface area contributed by atoms with Gasteiger partial charge in [0.1, 0.15) is 17.3 Å². The lowest BCUT2D eigenvalue weighted by atomic mass is 10.1. The van der Waals surface area contributed by atoms with Crippen LogP contribution in [-0.4, -0.2) is 16.6 Å². The van der Waals surface area contributed by atoms with Gasteiger partial charge in [0.2, 0.25) is 5.91 Å². The molecule has 3 aromatic rings. The van der Waals surface area contributed by atoms with E-state index < -0.39 is 5.82 Å². The molecule has 25 heavy (non-hydrogen) atoms. The number of nitrogens with zero attached hydrogens (tertiary/aromatic N) is 1. The summed E-state index contributed by atoms with van der Waals surface area (Å²) in [6.07, 6.45) is 0.250. The lowest BCUT2D eigenvalue weighted by Crippen LogP contribution is -2.17. The third-order valence-electron chi connectivity index (χ3n) is 3.46. The van der Waals surface area contributed by atoms with Gasteiger partial charge in [0, 0.05) is 10.4 Å². The zero-order valence-electron chi connectivity index (χ0n) is 13.1. The highest BCUT2D eigenvalue weighted by atomic mass is 32.1. The third-order valence-corrected chi connectivity index (χ3v) is 4.34. The Hall–Kier alpha value is -3.06. The lowest BCUT2D eigenvalue weighted by molar-refractivity contribution is -0.115. The zero-order valence-corrected chi connectivity index (χ0v) is 13.9. The second kappa shape index (κ2) is 7.23. The van der Waals surface area contributed by atoms with Crippen molar-refractivity contribution in [3.63, 3.8) is 0 Å². The summed E-state index contributed by atoms with van der Waals surface area (Å²) in [4.78, 5) is 17.3. The monoisotopic (exact) mass is 354 g/mol. The highest BCUT2D eigenvalue weighted by Gasteiger charge is 2.13. The number of carbonyl (C=O) groups is 1. The number of carbonyl (C=O) groups excluding carboxylic acids is 1. The zero-order chi connectivity index (χ0) is 17.8. The van der Waals surface area contributed by atoms with E-state index in [1.54, 1.807) is 18.2 Å². The van der Waals surface area contributed by atoms with E-state index in [-0.39, 0.29) is 29.4 Å². The SMILES string of the molecule is N=C(c1cccc(F)c1)c1nc(NC(=O)Cc2cccs2)ccc1N. The molecule has 0 spiro atoms. The van der Waals surface area contributed by atoms with Crippen molar-refractivity contribution in [3.8, 4) is 0 Å². The van der Waals surface area contributed by atoms with E-state index in [4.69, 9.17) is 11.1 Å². The molecule has 0 atom stereocenters. The van der Waals surface area contributed by atoms with Crippen molar-refractivity contribution in [2.24, 2.45) is 0 Å². The first-order valence-electron chi connectivity index (χ1n) is 7.46. The van der Waals surface area contributed by atoms with Crippen LogP contribution in [0.25, 0.3) is 0 Å². The van der Waals surface area contributed by atoms with Crippen molar-refractivity contribution in [1.29, 1.82) is 5.41 Å². The first-order chi connectivity index (χ1) is 12.0. The van der Waals surface area contributed by atoms with Crippen LogP contribution in [0.5, 0.6) is 0 Å². The molecule has 0 aliphatic heterocycles. The van der Waals surface area contributed by atoms with Gasteiger partial charge in [-0.3, -0.25) is 10.2 Å². The van der Waals surface area contributed by atoms with E-state index in [0.717, 1.165) is 4.88 Å². The molecule has 0 saturated heterocycles. The van der Waals surface area contributed by atoms with E-state index in [0.29, 0.717) is 11.4 Å². The first kappa shape index (κ1) is 16.8. The van der Waals surface area contributed by atoms with Crippen LogP contribution >= 0.6 is 11.3 Å². The number of hydrogen-bond acceptors (Lipinski definition) is 5. The summed E-state index contributed by atoms with van der Waals surface area (Å²) in [5.74, 6) is -0.351. The number of rotatable bonds is 5. The van der Waals surface area contributed by atoms with Gasteiger partial charge in [-0.2, -0.15) is 0 Å². The number of nitrogens with one attached hydrogen (secondary N) is 2. The number of nitrogens with two attached hydrogens (primary N) is 1. The normalized spacial score (nSPS) is 10.4. The fraction of sp³-hybridized carbons (Fsp3) is 0.0556. The Labute approximate surface area is 147 Å². The van der Waals surface area contributed by atoms with Gasteiger partial charge in [0.15, 0.2) is 0 Å². The Kier molecular flexibility index (Phi) is 4.85. The molecule has 2 heterocycles. The molecule has 4 N–H and O–H groups in total. The van der Waals surface area contributed by atoms with Crippen molar-refractivity contribution in [2.75, 3.05) is 11.1 Å². The maximum absolute atomic E-state index is 13.4. The van der Waals surface area contributed by atoms with Crippen LogP contribution in [0, 0.1) is 11.2 Å². The van der Waals surface area contributed by atoms with Gasteiger partial charge >= 0.3 is 0 Å². The summed E-state index contributed by atoms with van der Waals surface area (Å²) < 4.78 is 13.4. The largest absolute Gasteiger partial charge is 0.397 e. The van der Waals surface area contributed by atoms with E-state index in [9.17, 15) is 9.18 Å². The van der Waals surface area contributed by atoms with Crippen LogP contribution in [-0.2, 0) is 11.2 Å². The number of thiophene rings is 1. The van der Waals surface area contributed by atoms with Crippen LogP contribution in [0.4, 0.5) is 15.9 Å². The summed E-state index contributed by atoms with van der Waals surface area (Å²) in [7, 11) is 0. The van der Waals surface area contributed by atoms with Crippen molar-refractivity contribution in [1.82, 2.24) is 4.98 Å². The fourth-order valence-corrected chi connectivity index (χ4v) is 2.98. The minimum atomic E-state index is -0.443. The molecule has 0 bridgehead atoms. The van der Waals surface area contributed by atoms with E-state index >= 15 is 0 Å². The quantitative estimate of drug-likeness (QED) is 0.613. The first-order valence-corrected chi connectivity index (χ1v) is 8.34. The van der Waals surface area contributed by atoms with Crippen LogP contribution in [0.2, 0.25) is 0 Å². The molecule has 0 radical (unpaired) electrons. The standard InChI is InChI=1S/C18H15FN4OS/c19-12-4-1-3-11(9-12)17(21)18-14(20)6-7-15(23-18)22-16(24)10-13-5-2-8-25-13/h1-9,21H,10,20H2,(H,22,23,24). The molecule has 3 rings (SSSR count). The van der Waals surface area contributed by atoms with Crippen LogP contribution in [0.3, 0.4) is 0 Å². The molecule has 5 nitrogen and oxygen atoms in total. The Morgan fingerprint density at radius 3 is 2.80 bits per heavy atom. The molecule has 2 aromatic heterocycles. The number of nitrogen functional groups attached to an aromatic ring is 1. The summed E-state index contributed by atoms with van der Waals surface area (Å²) in [5, 5.41) is 12.8. The van der Waals surface area contributed by atoms with Crippen LogP contribution in [0.1, 0.15) is 16.1 Å². The second-order valence-corrected chi connectivity index (χ2v) is 6.36. The lowest BCUT2D eigenvalue weighted by Gasteiger charge is -2.10. The number of pyridine rings is 1. The molecule has 1 amide bonds. The maximum atomic E-state index is 13.4. The number of amides is 1. The molecular weight excluding hydrogens is 339 g/mol. The van der Waals surface area contributed by atoms with E-state index in [1.165, 1.54) is 29.5 Å². The molecule has 0 fully saturated rings. The van der Waals surface area contributed by atoms with Gasteiger partial charge in [-0.1, -0.05) is 18.2 Å². The smallest absolute Gasteiger partial charge is 0.230 e. The van der Waals surface area contributed by atoms with E-state index in [2.05, 4.69) is 10.3 Å². The summed E-state index contributed by atoms with van der Waals surface area (Å²) in [6.45, 7) is 0. The number of halogens is 1. The van der Waals surface area contributed by atoms with Crippen LogP contribution in [0.15, 0.2) is 53.9 Å². The number of benzene rings is 1. The van der Waals surface area contributed by atoms with Gasteiger partial charge < -0.3 is 11.1 Å². The van der Waals surface area contributed by atoms with Gasteiger partial charge in [0.25, 0.3) is 0 Å². The molecule has 7 heteroatoms. The summed E-state index contributed by atoms with van der Waals surface area (Å²) >= 11 is 1.50. The Morgan fingerprint density at radius 2 is 2.08 bits per heavy atom. The van der Waals surface area contributed by atoms with Gasteiger partial charge in [-0.15, -0.1) is 11.3 Å². The second-order valence-electron chi connectivity index (χ2n) is 5.32. The topological polar surface area (TPSA) is 91.9 Å². The number of hydrogen-bond donors (Lipinski definition) is 3. The molecule has 0 aliphatic rings. The molecule has 0 saturated carbocycles. The highest BCUT2D eigenvalue weighted by molar-refractivity contribution is 7.10. The van der Waals surface area contributed by atoms with Gasteiger partial charge in [-0.05, 0) is 35.7 Å². The molecule has 126 valence electrons. The molecule has 0 aliphatic carbocycles. The average molecular weight is 354 g/mol. The van der Waals surface area contributed by atoms with Gasteiger partial charge in [-0.25, -0.2) is 9.37 Å². The predicted octanol–water partition coefficient (Wildman–Crippen LogP) is 3.46. The Bertz CT molecular complexity index is 925. The fourth-order valence-electron chi connectivity index (χ4n) is 2.28. The predicted molar refractivity (Wildman–Crippen MR) is 97.6 cm³/mol. The number of aromatic nitrogens is 1. The minimum absolute atomic E-state index is 0.00800. The van der Waals surface area contributed by atoms with Crippen LogP contribution < -0.4 is 11.1 Å². The van der Waals surface area contributed by atoms with Crippen molar-refractivity contribution in [3.05, 3.63) is 75.9 Å². The van der Waals surface area contributed by atoms with Crippen molar-refractivity contribution in [2.45, 2.75) is 6.42 Å². The van der Waals surface area contributed by atoms with Gasteiger partial charge in [0.05, 0.1) is 17.8 Å².